The van der Waals surface area contributed by atoms with Gasteiger partial charge >= 0.3 is 0 Å². The van der Waals surface area contributed by atoms with Crippen LogP contribution in [0.4, 0.5) is 0 Å². The maximum atomic E-state index is 5.60. The fourth-order valence-corrected chi connectivity index (χ4v) is 4.28. The molecule has 4 heterocycles. The lowest BCUT2D eigenvalue weighted by molar-refractivity contribution is 0.0816. The van der Waals surface area contributed by atoms with Crippen LogP contribution in [-0.2, 0) is 15.9 Å². The molecule has 1 aromatic heterocycles. The highest BCUT2D eigenvalue weighted by Gasteiger charge is 2.33. The topological polar surface area (TPSA) is 59.2 Å². The van der Waals surface area contributed by atoms with Crippen molar-refractivity contribution in [2.24, 2.45) is 16.8 Å². The number of aliphatic imine (C=N–C) groups is 1. The van der Waals surface area contributed by atoms with Crippen LogP contribution in [0.3, 0.4) is 0 Å². The van der Waals surface area contributed by atoms with Gasteiger partial charge in [-0.1, -0.05) is 0 Å². The monoisotopic (exact) mass is 489 g/mol. The molecular weight excluding hydrogens is 457 g/mol. The molecule has 1 aromatic rings. The Kier molecular flexibility index (Phi) is 8.26. The highest BCUT2D eigenvalue weighted by atomic mass is 127. The Morgan fingerprint density at radius 1 is 1.11 bits per heavy atom. The van der Waals surface area contributed by atoms with Gasteiger partial charge < -0.3 is 24.1 Å². The quantitative estimate of drug-likeness (QED) is 0.392. The van der Waals surface area contributed by atoms with Gasteiger partial charge in [-0.25, -0.2) is 0 Å². The molecule has 0 amide bonds. The molecule has 7 heteroatoms. The first-order valence-corrected chi connectivity index (χ1v) is 10.1. The molecule has 3 fully saturated rings. The van der Waals surface area contributed by atoms with Crippen LogP contribution in [0.2, 0.25) is 0 Å². The van der Waals surface area contributed by atoms with Crippen LogP contribution in [0.15, 0.2) is 27.8 Å². The molecule has 3 aliphatic rings. The zero-order valence-corrected chi connectivity index (χ0v) is 18.3. The van der Waals surface area contributed by atoms with Crippen LogP contribution in [0, 0.1) is 11.8 Å². The molecular formula is C20H32IN3O3. The number of nitrogens with zero attached hydrogens (tertiary/aromatic N) is 2. The summed E-state index contributed by atoms with van der Waals surface area (Å²) in [5.74, 6) is 3.54. The molecule has 152 valence electrons. The first-order valence-electron chi connectivity index (χ1n) is 10.1. The summed E-state index contributed by atoms with van der Waals surface area (Å²) in [7, 11) is 0. The lowest BCUT2D eigenvalue weighted by Gasteiger charge is -2.29. The third kappa shape index (κ3) is 5.84. The number of halogens is 1. The molecule has 3 saturated heterocycles. The molecule has 0 bridgehead atoms. The van der Waals surface area contributed by atoms with Crippen LogP contribution in [-0.4, -0.2) is 63.0 Å². The summed E-state index contributed by atoms with van der Waals surface area (Å²) in [6, 6.07) is 4.43. The summed E-state index contributed by atoms with van der Waals surface area (Å²) in [6.07, 6.45) is 7.17. The van der Waals surface area contributed by atoms with E-state index in [1.165, 1.54) is 12.8 Å². The molecule has 0 radical (unpaired) electrons. The molecule has 2 atom stereocenters. The second kappa shape index (κ2) is 10.7. The van der Waals surface area contributed by atoms with Crippen molar-refractivity contribution in [1.82, 2.24) is 10.2 Å². The average molecular weight is 489 g/mol. The zero-order chi connectivity index (χ0) is 17.6. The molecule has 2 unspecified atom stereocenters. The van der Waals surface area contributed by atoms with E-state index < -0.39 is 0 Å². The summed E-state index contributed by atoms with van der Waals surface area (Å²) in [5.41, 5.74) is 0. The highest BCUT2D eigenvalue weighted by molar-refractivity contribution is 14.0. The fraction of sp³-hybridized carbons (Fsp3) is 0.750. The third-order valence-corrected chi connectivity index (χ3v) is 5.91. The van der Waals surface area contributed by atoms with Crippen LogP contribution in [0.25, 0.3) is 0 Å². The summed E-state index contributed by atoms with van der Waals surface area (Å²) < 4.78 is 16.5. The maximum absolute atomic E-state index is 5.60. The molecule has 6 nitrogen and oxygen atoms in total. The van der Waals surface area contributed by atoms with E-state index in [2.05, 4.69) is 10.2 Å². The largest absolute Gasteiger partial charge is 0.469 e. The van der Waals surface area contributed by atoms with E-state index in [0.717, 1.165) is 88.9 Å². The number of nitrogens with one attached hydrogen (secondary N) is 1. The van der Waals surface area contributed by atoms with E-state index in [-0.39, 0.29) is 24.0 Å². The van der Waals surface area contributed by atoms with Crippen LogP contribution >= 0.6 is 24.0 Å². The van der Waals surface area contributed by atoms with Crippen LogP contribution in [0.1, 0.15) is 31.4 Å². The third-order valence-electron chi connectivity index (χ3n) is 5.91. The van der Waals surface area contributed by atoms with Crippen LogP contribution < -0.4 is 5.32 Å². The minimum atomic E-state index is 0. The Labute approximate surface area is 179 Å². The number of furan rings is 1. The normalized spacial score (nSPS) is 27.0. The van der Waals surface area contributed by atoms with Gasteiger partial charge in [0.2, 0.25) is 0 Å². The molecule has 0 spiro atoms. The molecule has 0 saturated carbocycles. The lowest BCUT2D eigenvalue weighted by atomic mass is 9.91. The molecule has 4 rings (SSSR count). The SMILES string of the molecule is I.c1coc(CCN=C(NC2CCOCC2)N2CCC(C3CCOC3)C2)c1. The highest BCUT2D eigenvalue weighted by Crippen LogP contribution is 2.30. The minimum Gasteiger partial charge on any atom is -0.469 e. The minimum absolute atomic E-state index is 0. The van der Waals surface area contributed by atoms with E-state index in [1.807, 2.05) is 12.1 Å². The van der Waals surface area contributed by atoms with Gasteiger partial charge in [0.1, 0.15) is 5.76 Å². The predicted octanol–water partition coefficient (Wildman–Crippen LogP) is 2.92. The van der Waals surface area contributed by atoms with E-state index in [9.17, 15) is 0 Å². The summed E-state index contributed by atoms with van der Waals surface area (Å²) >= 11 is 0. The Morgan fingerprint density at radius 3 is 2.70 bits per heavy atom. The standard InChI is InChI=1S/C20H31N3O3.HI/c1-2-19(26-10-1)3-8-21-20(22-18-6-12-24-13-7-18)23-9-4-16(14-23)17-5-11-25-15-17;/h1-2,10,16-18H,3-9,11-15H2,(H,21,22);1H. The van der Waals surface area contributed by atoms with E-state index >= 15 is 0 Å². The second-order valence-corrected chi connectivity index (χ2v) is 7.68. The lowest BCUT2D eigenvalue weighted by Crippen LogP contribution is -2.47. The van der Waals surface area contributed by atoms with Gasteiger partial charge in [0, 0.05) is 58.5 Å². The number of guanidine groups is 1. The summed E-state index contributed by atoms with van der Waals surface area (Å²) in [6.45, 7) is 6.52. The number of likely N-dealkylation sites (tertiary alicyclic amines) is 1. The van der Waals surface area contributed by atoms with Crippen molar-refractivity contribution in [2.75, 3.05) is 46.1 Å². The smallest absolute Gasteiger partial charge is 0.194 e. The Hall–Kier alpha value is -0.800. The molecule has 0 aliphatic carbocycles. The first kappa shape index (κ1) is 20.9. The van der Waals surface area contributed by atoms with Crippen LogP contribution in [0.5, 0.6) is 0 Å². The van der Waals surface area contributed by atoms with Crippen molar-refractivity contribution in [2.45, 2.75) is 38.1 Å². The van der Waals surface area contributed by atoms with Gasteiger partial charge in [0.25, 0.3) is 0 Å². The fourth-order valence-electron chi connectivity index (χ4n) is 4.28. The van der Waals surface area contributed by atoms with Crippen molar-refractivity contribution in [3.8, 4) is 0 Å². The summed E-state index contributed by atoms with van der Waals surface area (Å²) in [5, 5.41) is 3.72. The van der Waals surface area contributed by atoms with Crippen molar-refractivity contribution < 1.29 is 13.9 Å². The number of hydrogen-bond donors (Lipinski definition) is 1. The average Bonchev–Trinajstić information content (AvgIpc) is 3.42. The Balaban J connectivity index is 0.00000210. The molecule has 0 aromatic carbocycles. The Morgan fingerprint density at radius 2 is 1.96 bits per heavy atom. The second-order valence-electron chi connectivity index (χ2n) is 7.68. The molecule has 1 N–H and O–H groups in total. The van der Waals surface area contributed by atoms with E-state index in [4.69, 9.17) is 18.9 Å². The summed E-state index contributed by atoms with van der Waals surface area (Å²) in [4.78, 5) is 7.39. The van der Waals surface area contributed by atoms with Crippen molar-refractivity contribution in [3.63, 3.8) is 0 Å². The zero-order valence-electron chi connectivity index (χ0n) is 16.0. The van der Waals surface area contributed by atoms with Crippen molar-refractivity contribution in [3.05, 3.63) is 24.2 Å². The van der Waals surface area contributed by atoms with E-state index in [0.29, 0.717) is 6.04 Å². The van der Waals surface area contributed by atoms with Crippen molar-refractivity contribution in [1.29, 1.82) is 0 Å². The predicted molar refractivity (Wildman–Crippen MR) is 116 cm³/mol. The van der Waals surface area contributed by atoms with Gasteiger partial charge in [-0.05, 0) is 49.7 Å². The molecule has 27 heavy (non-hydrogen) atoms. The number of hydrogen-bond acceptors (Lipinski definition) is 4. The Bertz CT molecular complexity index is 569. The first-order chi connectivity index (χ1) is 12.9. The number of ether oxygens (including phenoxy) is 2. The van der Waals surface area contributed by atoms with E-state index in [1.54, 1.807) is 6.26 Å². The number of rotatable bonds is 5. The van der Waals surface area contributed by atoms with Gasteiger partial charge in [0.05, 0.1) is 6.26 Å². The molecule has 3 aliphatic heterocycles. The van der Waals surface area contributed by atoms with Gasteiger partial charge in [-0.2, -0.15) is 0 Å². The van der Waals surface area contributed by atoms with Gasteiger partial charge in [0.15, 0.2) is 5.96 Å². The van der Waals surface area contributed by atoms with Gasteiger partial charge in [-0.15, -0.1) is 24.0 Å². The maximum Gasteiger partial charge on any atom is 0.194 e. The van der Waals surface area contributed by atoms with Crippen molar-refractivity contribution >= 4 is 29.9 Å². The van der Waals surface area contributed by atoms with Gasteiger partial charge in [-0.3, -0.25) is 4.99 Å².